The number of hydrogen-bond acceptors (Lipinski definition) is 14. The molecule has 2 amide bonds. The van der Waals surface area contributed by atoms with E-state index in [1.165, 1.54) is 72.3 Å². The summed E-state index contributed by atoms with van der Waals surface area (Å²) in [5.74, 6) is -3.56. The molecular weight excluding hydrogens is 1000 g/mol. The fourth-order valence-corrected chi connectivity index (χ4v) is 9.66. The Labute approximate surface area is 486 Å². The monoisotopic (exact) mass is 1040 g/mol. The van der Waals surface area contributed by atoms with Crippen molar-refractivity contribution in [3.8, 4) is 11.5 Å². The molecule has 0 unspecified atom stereocenters. The molecular formula is C42H40N4Na4O14S4. The number of nitrogens with zero attached hydrogens (tertiary/aromatic N) is 2. The molecule has 2 heterocycles. The van der Waals surface area contributed by atoms with Crippen molar-refractivity contribution in [3.05, 3.63) is 119 Å². The number of rotatable bonds is 18. The fourth-order valence-electron chi connectivity index (χ4n) is 6.39. The summed E-state index contributed by atoms with van der Waals surface area (Å²) in [5.41, 5.74) is 0.235. The zero-order chi connectivity index (χ0) is 46.3. The minimum absolute atomic E-state index is 0. The Hall–Kier alpha value is -2.56. The summed E-state index contributed by atoms with van der Waals surface area (Å²) < 4.78 is 70.7. The summed E-state index contributed by atoms with van der Waals surface area (Å²) in [6.07, 6.45) is 4.85. The van der Waals surface area contributed by atoms with Gasteiger partial charge in [0.05, 0.1) is 24.0 Å². The van der Waals surface area contributed by atoms with E-state index in [2.05, 4.69) is 20.6 Å². The Morgan fingerprint density at radius 1 is 0.574 bits per heavy atom. The number of aromatic nitrogens is 2. The van der Waals surface area contributed by atoms with Crippen molar-refractivity contribution >= 4 is 231 Å². The molecule has 0 spiro atoms. The number of anilines is 2. The Morgan fingerprint density at radius 2 is 0.941 bits per heavy atom. The maximum absolute atomic E-state index is 13.5. The molecule has 6 aromatic rings. The van der Waals surface area contributed by atoms with E-state index in [1.807, 2.05) is 0 Å². The second kappa shape index (κ2) is 27.3. The van der Waals surface area contributed by atoms with Crippen LogP contribution in [0.5, 0.6) is 11.5 Å². The van der Waals surface area contributed by atoms with E-state index in [4.69, 9.17) is 10.2 Å². The maximum atomic E-state index is 13.5. The number of phenols is 2. The van der Waals surface area contributed by atoms with Crippen molar-refractivity contribution in [3.63, 3.8) is 0 Å². The van der Waals surface area contributed by atoms with Gasteiger partial charge >= 0.3 is 130 Å². The van der Waals surface area contributed by atoms with Gasteiger partial charge in [-0.2, -0.15) is 40.4 Å². The van der Waals surface area contributed by atoms with E-state index in [0.717, 1.165) is 24.3 Å². The van der Waals surface area contributed by atoms with Crippen LogP contribution in [-0.2, 0) is 41.3 Å². The first kappa shape index (κ1) is 61.6. The number of pyridine rings is 2. The van der Waals surface area contributed by atoms with Crippen molar-refractivity contribution in [2.24, 2.45) is 0 Å². The Balaban J connectivity index is 0.00000397. The molecule has 68 heavy (non-hydrogen) atoms. The number of carboxylic acids is 2. The second-order valence-corrected chi connectivity index (χ2v) is 18.7. The van der Waals surface area contributed by atoms with E-state index in [1.54, 1.807) is 24.3 Å². The van der Waals surface area contributed by atoms with Crippen molar-refractivity contribution in [2.75, 3.05) is 22.1 Å². The van der Waals surface area contributed by atoms with Crippen molar-refractivity contribution < 1.29 is 65.5 Å². The number of aromatic hydroxyl groups is 2. The van der Waals surface area contributed by atoms with Gasteiger partial charge in [-0.15, -0.1) is 0 Å². The SMILES string of the molecule is O=C(O)CCSCc1cc(C(=O)Nc2ccc(/C=C/c3ccc(NC(=O)c4cc(CSCCC(=O)O)c5cccnc5c4O)cc3S(=O)(=O)O)c(S(=O)(=O)O)c2)c(O)c2ncccc12.[NaH].[NaH].[NaH].[NaH]. The van der Waals surface area contributed by atoms with Gasteiger partial charge in [-0.1, -0.05) is 36.4 Å². The first-order valence-electron chi connectivity index (χ1n) is 18.6. The van der Waals surface area contributed by atoms with Crippen LogP contribution in [0.1, 0.15) is 55.8 Å². The molecule has 0 aliphatic rings. The average molecular weight is 1050 g/mol. The third kappa shape index (κ3) is 16.0. The molecule has 2 aromatic heterocycles. The van der Waals surface area contributed by atoms with Crippen LogP contribution in [0.25, 0.3) is 34.0 Å². The molecule has 0 saturated heterocycles. The normalized spacial score (nSPS) is 11.1. The summed E-state index contributed by atoms with van der Waals surface area (Å²) in [6, 6.07) is 16.2. The molecule has 6 rings (SSSR count). The number of nitrogens with one attached hydrogen (secondary N) is 2. The topological polar surface area (TPSA) is 308 Å². The van der Waals surface area contributed by atoms with E-state index in [-0.39, 0.29) is 199 Å². The predicted molar refractivity (Wildman–Crippen MR) is 270 cm³/mol. The van der Waals surface area contributed by atoms with Crippen LogP contribution in [-0.4, -0.2) is 210 Å². The number of hydrogen-bond donors (Lipinski definition) is 8. The van der Waals surface area contributed by atoms with Gasteiger partial charge < -0.3 is 31.1 Å². The molecule has 18 nitrogen and oxygen atoms in total. The van der Waals surface area contributed by atoms with Crippen LogP contribution in [0, 0.1) is 0 Å². The third-order valence-electron chi connectivity index (χ3n) is 9.37. The second-order valence-electron chi connectivity index (χ2n) is 13.8. The number of fused-ring (bicyclic) bond motifs is 2. The number of benzene rings is 4. The van der Waals surface area contributed by atoms with Crippen molar-refractivity contribution in [1.82, 2.24) is 9.97 Å². The molecule has 0 bridgehead atoms. The van der Waals surface area contributed by atoms with Crippen LogP contribution in [0.4, 0.5) is 11.4 Å². The standard InChI is InChI=1S/C42H36N4O14S4.4Na.4H/c47-35(48)11-15-61-21-25-17-31(39(51)37-29(25)3-1-13-43-37)41(53)45-27-9-7-23(33(19-27)63(55,56)57)5-6-24-8-10-28(20-34(24)64(58,59)60)46-42(54)32-18-26(22-62-16-12-36(49)50)30-4-2-14-44-38(30)40(32)52;;;;;;;;/h1-10,13-14,17-20,51-52H,11-12,15-16,21-22H2,(H,45,53)(H,46,54)(H,47,48)(H,49,50)(H,55,56,57)(H,58,59,60);;;;;;;;/b6-5+;;;;;;;;. The quantitative estimate of drug-likeness (QED) is 0.0259. The molecule has 0 aliphatic heterocycles. The van der Waals surface area contributed by atoms with Gasteiger partial charge in [0, 0.05) is 57.6 Å². The molecule has 0 radical (unpaired) electrons. The molecule has 0 fully saturated rings. The van der Waals surface area contributed by atoms with Gasteiger partial charge in [0.15, 0.2) is 11.5 Å². The van der Waals surface area contributed by atoms with Crippen LogP contribution >= 0.6 is 23.5 Å². The van der Waals surface area contributed by atoms with E-state index >= 15 is 0 Å². The van der Waals surface area contributed by atoms with Gasteiger partial charge in [0.2, 0.25) is 0 Å². The van der Waals surface area contributed by atoms with Gasteiger partial charge in [0.1, 0.15) is 20.8 Å². The van der Waals surface area contributed by atoms with E-state index in [0.29, 0.717) is 21.9 Å². The molecule has 0 aliphatic carbocycles. The number of amides is 2. The van der Waals surface area contributed by atoms with Gasteiger partial charge in [0.25, 0.3) is 32.1 Å². The summed E-state index contributed by atoms with van der Waals surface area (Å²) in [4.78, 5) is 55.9. The van der Waals surface area contributed by atoms with Crippen LogP contribution in [0.2, 0.25) is 0 Å². The van der Waals surface area contributed by atoms with E-state index < -0.39 is 65.3 Å². The van der Waals surface area contributed by atoms with Crippen LogP contribution in [0.3, 0.4) is 0 Å². The number of thioether (sulfide) groups is 2. The first-order chi connectivity index (χ1) is 30.3. The summed E-state index contributed by atoms with van der Waals surface area (Å²) >= 11 is 2.57. The Bertz CT molecular complexity index is 2920. The third-order valence-corrected chi connectivity index (χ3v) is 13.2. The number of carbonyl (C=O) groups excluding carboxylic acids is 2. The summed E-state index contributed by atoms with van der Waals surface area (Å²) in [7, 11) is -10.0. The van der Waals surface area contributed by atoms with Crippen molar-refractivity contribution in [1.29, 1.82) is 0 Å². The fraction of sp³-hybridized carbons (Fsp3) is 0.143. The van der Waals surface area contributed by atoms with Crippen molar-refractivity contribution in [2.45, 2.75) is 34.1 Å². The average Bonchev–Trinajstić information content (AvgIpc) is 3.24. The predicted octanol–water partition coefficient (Wildman–Crippen LogP) is 4.18. The zero-order valence-electron chi connectivity index (χ0n) is 33.0. The minimum atomic E-state index is -5.01. The number of carboxylic acid groups (broad SMARTS) is 2. The first-order valence-corrected chi connectivity index (χ1v) is 23.8. The number of aliphatic carboxylic acids is 2. The van der Waals surface area contributed by atoms with Crippen LogP contribution < -0.4 is 10.6 Å². The van der Waals surface area contributed by atoms with Gasteiger partial charge in [-0.3, -0.25) is 38.3 Å². The number of phenolic OH excluding ortho intramolecular Hbond substituents is 2. The zero-order valence-corrected chi connectivity index (χ0v) is 36.2. The molecule has 0 atom stereocenters. The molecule has 8 N–H and O–H groups in total. The molecule has 26 heteroatoms. The Morgan fingerprint density at radius 3 is 1.28 bits per heavy atom. The Kier molecular flexibility index (Phi) is 24.7. The van der Waals surface area contributed by atoms with Gasteiger partial charge in [-0.05, 0) is 70.8 Å². The van der Waals surface area contributed by atoms with E-state index in [9.17, 15) is 55.3 Å². The molecule has 340 valence electrons. The number of carbonyl (C=O) groups is 4. The summed E-state index contributed by atoms with van der Waals surface area (Å²) in [6.45, 7) is 0. The molecule has 0 saturated carbocycles. The van der Waals surface area contributed by atoms with Gasteiger partial charge in [-0.25, -0.2) is 0 Å². The summed E-state index contributed by atoms with van der Waals surface area (Å²) in [5, 5.41) is 46.0. The van der Waals surface area contributed by atoms with Crippen LogP contribution in [0.15, 0.2) is 95.0 Å². The molecule has 4 aromatic carbocycles.